The van der Waals surface area contributed by atoms with Crippen molar-refractivity contribution in [2.75, 3.05) is 139 Å². The number of unbranched alkanes of at least 4 members (excludes halogenated alkanes) is 21. The fourth-order valence-electron chi connectivity index (χ4n) is 6.35. The van der Waals surface area contributed by atoms with Gasteiger partial charge in [0.25, 0.3) is 0 Å². The minimum absolute atomic E-state index is 0.129. The van der Waals surface area contributed by atoms with Crippen molar-refractivity contribution in [3.63, 3.8) is 0 Å². The maximum absolute atomic E-state index is 11.9. The lowest BCUT2D eigenvalue weighted by Gasteiger charge is -2.09. The maximum atomic E-state index is 11.9. The summed E-state index contributed by atoms with van der Waals surface area (Å²) in [4.78, 5) is 11.9. The highest BCUT2D eigenvalue weighted by atomic mass is 16.6. The third kappa shape index (κ3) is 55.1. The highest BCUT2D eigenvalue weighted by Gasteiger charge is 2.03. The molecule has 0 rings (SSSR count). The summed E-state index contributed by atoms with van der Waals surface area (Å²) in [6.07, 6.45) is 30.7. The van der Waals surface area contributed by atoms with Crippen LogP contribution in [0.3, 0.4) is 0 Å². The summed E-state index contributed by atoms with van der Waals surface area (Å²) in [5.74, 6) is -0.129. The Labute approximate surface area is 368 Å². The Morgan fingerprint density at radius 2 is 0.433 bits per heavy atom. The predicted molar refractivity (Wildman–Crippen MR) is 241 cm³/mol. The molecule has 0 bridgehead atoms. The van der Waals surface area contributed by atoms with E-state index in [1.54, 1.807) is 0 Å². The molecule has 0 saturated carbocycles. The summed E-state index contributed by atoms with van der Waals surface area (Å²) in [6, 6.07) is 0. The first-order chi connectivity index (χ1) is 29.8. The van der Waals surface area contributed by atoms with Gasteiger partial charge in [-0.15, -0.1) is 0 Å². The quantitative estimate of drug-likeness (QED) is 0.0428. The molecule has 0 amide bonds. The maximum Gasteiger partial charge on any atom is 0.305 e. The van der Waals surface area contributed by atoms with Gasteiger partial charge in [0.15, 0.2) is 0 Å². The van der Waals surface area contributed by atoms with Crippen molar-refractivity contribution in [1.29, 1.82) is 0 Å². The lowest BCUT2D eigenvalue weighted by Crippen LogP contribution is -2.15. The molecule has 12 nitrogen and oxygen atoms in total. The van der Waals surface area contributed by atoms with Gasteiger partial charge in [0.05, 0.1) is 126 Å². The smallest absolute Gasteiger partial charge is 0.305 e. The number of carbonyl (C=O) groups is 1. The molecule has 0 unspecified atom stereocenters. The lowest BCUT2D eigenvalue weighted by atomic mass is 10.0. The fourth-order valence-corrected chi connectivity index (χ4v) is 6.35. The molecule has 0 aromatic carbocycles. The lowest BCUT2D eigenvalue weighted by molar-refractivity contribution is -0.145. The second kappa shape index (κ2) is 56.1. The van der Waals surface area contributed by atoms with Gasteiger partial charge >= 0.3 is 5.97 Å². The van der Waals surface area contributed by atoms with Crippen LogP contribution in [-0.2, 0) is 56.9 Å². The van der Waals surface area contributed by atoms with E-state index in [-0.39, 0.29) is 5.97 Å². The van der Waals surface area contributed by atoms with Crippen molar-refractivity contribution in [3.05, 3.63) is 0 Å². The van der Waals surface area contributed by atoms with Gasteiger partial charge in [-0.1, -0.05) is 149 Å². The molecular weight excluding hydrogens is 769 g/mol. The molecule has 0 aliphatic rings. The Morgan fingerprint density at radius 3 is 0.700 bits per heavy atom. The van der Waals surface area contributed by atoms with Gasteiger partial charge in [-0.2, -0.15) is 0 Å². The minimum Gasteiger partial charge on any atom is -0.463 e. The standard InChI is InChI=1S/C48H96O12/c1-3-5-7-9-11-13-15-16-17-18-20-22-24-26-48(49)60-47-46-59-45-44-58-43-42-57-41-40-56-39-38-55-37-36-54-35-34-53-33-32-52-31-30-51-29-28-50-27-25-23-21-19-14-12-10-8-6-4-2/h3-47H2,1-2H3. The normalized spacial score (nSPS) is 11.6. The molecule has 0 aliphatic heterocycles. The Balaban J connectivity index is 3.11. The monoisotopic (exact) mass is 865 g/mol. The highest BCUT2D eigenvalue weighted by molar-refractivity contribution is 5.69. The van der Waals surface area contributed by atoms with Gasteiger partial charge in [-0.05, 0) is 12.8 Å². The molecule has 0 fully saturated rings. The van der Waals surface area contributed by atoms with Crippen LogP contribution in [0.15, 0.2) is 0 Å². The van der Waals surface area contributed by atoms with E-state index in [4.69, 9.17) is 52.1 Å². The van der Waals surface area contributed by atoms with Crippen LogP contribution in [0.25, 0.3) is 0 Å². The Kier molecular flexibility index (Phi) is 55.2. The van der Waals surface area contributed by atoms with Crippen LogP contribution in [0.5, 0.6) is 0 Å². The predicted octanol–water partition coefficient (Wildman–Crippen LogP) is 10.1. The molecule has 0 N–H and O–H groups in total. The summed E-state index contributed by atoms with van der Waals surface area (Å²) >= 11 is 0. The summed E-state index contributed by atoms with van der Waals surface area (Å²) in [7, 11) is 0. The molecule has 0 aromatic rings. The molecule has 60 heavy (non-hydrogen) atoms. The van der Waals surface area contributed by atoms with Crippen LogP contribution >= 0.6 is 0 Å². The van der Waals surface area contributed by atoms with E-state index in [0.29, 0.717) is 139 Å². The van der Waals surface area contributed by atoms with Crippen LogP contribution in [0.1, 0.15) is 168 Å². The topological polar surface area (TPSA) is 119 Å². The summed E-state index contributed by atoms with van der Waals surface area (Å²) in [5.41, 5.74) is 0. The van der Waals surface area contributed by atoms with E-state index < -0.39 is 0 Å². The number of rotatable bonds is 55. The molecule has 12 heteroatoms. The highest BCUT2D eigenvalue weighted by Crippen LogP contribution is 2.13. The molecule has 0 atom stereocenters. The zero-order chi connectivity index (χ0) is 43.2. The van der Waals surface area contributed by atoms with Gasteiger partial charge in [0.2, 0.25) is 0 Å². The molecule has 0 radical (unpaired) electrons. The average molecular weight is 865 g/mol. The summed E-state index contributed by atoms with van der Waals surface area (Å²) in [5, 5.41) is 0. The van der Waals surface area contributed by atoms with E-state index in [1.807, 2.05) is 0 Å². The Hall–Kier alpha value is -0.930. The number of hydrogen-bond acceptors (Lipinski definition) is 12. The number of hydrogen-bond donors (Lipinski definition) is 0. The summed E-state index contributed by atoms with van der Waals surface area (Å²) in [6.45, 7) is 15.5. The first kappa shape index (κ1) is 59.1. The van der Waals surface area contributed by atoms with Crippen LogP contribution in [-0.4, -0.2) is 145 Å². The minimum atomic E-state index is -0.129. The van der Waals surface area contributed by atoms with Crippen molar-refractivity contribution in [1.82, 2.24) is 0 Å². The number of ether oxygens (including phenoxy) is 11. The van der Waals surface area contributed by atoms with Crippen LogP contribution in [0, 0.1) is 0 Å². The molecule has 0 aromatic heterocycles. The van der Waals surface area contributed by atoms with Crippen LogP contribution < -0.4 is 0 Å². The largest absolute Gasteiger partial charge is 0.463 e. The second-order valence-corrected chi connectivity index (χ2v) is 15.5. The van der Waals surface area contributed by atoms with E-state index in [9.17, 15) is 4.79 Å². The van der Waals surface area contributed by atoms with E-state index in [0.717, 1.165) is 25.9 Å². The van der Waals surface area contributed by atoms with Crippen LogP contribution in [0.2, 0.25) is 0 Å². The van der Waals surface area contributed by atoms with Crippen molar-refractivity contribution >= 4 is 5.97 Å². The first-order valence-electron chi connectivity index (χ1n) is 24.7. The molecule has 0 aliphatic carbocycles. The van der Waals surface area contributed by atoms with E-state index in [1.165, 1.54) is 128 Å². The number of carbonyl (C=O) groups excluding carboxylic acids is 1. The van der Waals surface area contributed by atoms with Crippen molar-refractivity contribution in [3.8, 4) is 0 Å². The molecule has 360 valence electrons. The molecule has 0 spiro atoms. The summed E-state index contributed by atoms with van der Waals surface area (Å²) < 4.78 is 60.6. The van der Waals surface area contributed by atoms with E-state index in [2.05, 4.69) is 13.8 Å². The SMILES string of the molecule is CCCCCCCCCCCCCCCC(=O)OCCOCCOCCOCCOCCOCCOCCOCCOCCOCCOCCCCCCCCCCCC. The van der Waals surface area contributed by atoms with Crippen molar-refractivity contribution in [2.45, 2.75) is 168 Å². The first-order valence-corrected chi connectivity index (χ1v) is 24.7. The zero-order valence-electron chi connectivity index (χ0n) is 39.2. The average Bonchev–Trinajstić information content (AvgIpc) is 3.25. The molecule has 0 saturated heterocycles. The fraction of sp³-hybridized carbons (Fsp3) is 0.979. The zero-order valence-corrected chi connectivity index (χ0v) is 39.2. The van der Waals surface area contributed by atoms with Crippen LogP contribution in [0.4, 0.5) is 0 Å². The van der Waals surface area contributed by atoms with Gasteiger partial charge in [0.1, 0.15) is 6.61 Å². The van der Waals surface area contributed by atoms with Gasteiger partial charge < -0.3 is 52.1 Å². The Bertz CT molecular complexity index is 778. The van der Waals surface area contributed by atoms with E-state index >= 15 is 0 Å². The third-order valence-corrected chi connectivity index (χ3v) is 9.97. The van der Waals surface area contributed by atoms with Gasteiger partial charge in [0, 0.05) is 13.0 Å². The number of esters is 1. The van der Waals surface area contributed by atoms with Crippen molar-refractivity contribution in [2.24, 2.45) is 0 Å². The molecular formula is C48H96O12. The van der Waals surface area contributed by atoms with Crippen molar-refractivity contribution < 1.29 is 56.9 Å². The van der Waals surface area contributed by atoms with Gasteiger partial charge in [-0.25, -0.2) is 0 Å². The Morgan fingerprint density at radius 1 is 0.233 bits per heavy atom. The third-order valence-electron chi connectivity index (χ3n) is 9.97. The molecule has 0 heterocycles. The second-order valence-electron chi connectivity index (χ2n) is 15.5. The van der Waals surface area contributed by atoms with Gasteiger partial charge in [-0.3, -0.25) is 4.79 Å².